The highest BCUT2D eigenvalue weighted by Gasteiger charge is 2.41. The first kappa shape index (κ1) is 95.7. The van der Waals surface area contributed by atoms with Gasteiger partial charge in [-0.1, -0.05) is 106 Å². The zero-order valence-electron chi connectivity index (χ0n) is 64.5. The van der Waals surface area contributed by atoms with Gasteiger partial charge in [-0.15, -0.1) is 0 Å². The number of benzene rings is 2. The molecule has 0 spiro atoms. The van der Waals surface area contributed by atoms with Crippen molar-refractivity contribution < 1.29 is 126 Å². The molecule has 636 valence electrons. The number of aliphatic hydroxyl groups is 1. The SMILES string of the molecule is CCCCCCCCCC(=O)NC(Cc1c[nH]c2ccccc12)C(=O)NC(CC(N)=O)C(=O)NC(CC(=O)O)C(=O)NC1C(=O)NCC(=O)NC(CCCN)C(=O)NC(CC(=O)O)C(=O)NC(C)C(=O)NC(CC(=O)O)C(=O)NCC(=O)NC(CO)C(=O)NC(C(C)CC(=O)O)C(=O)NC(C/C(=N/OC)c2ccccc2)C(=O)OC1C. The van der Waals surface area contributed by atoms with Crippen molar-refractivity contribution in [2.45, 2.75) is 209 Å². The number of aliphatic hydroxyl groups excluding tert-OH is 1. The van der Waals surface area contributed by atoms with Gasteiger partial charge in [0.15, 0.2) is 0 Å². The van der Waals surface area contributed by atoms with Gasteiger partial charge in [-0.05, 0) is 62.8 Å². The average Bonchev–Trinajstić information content (AvgIpc) is 1.61. The number of nitrogens with zero attached hydrogens (tertiary/aromatic N) is 1. The van der Waals surface area contributed by atoms with Crippen LogP contribution in [0.3, 0.4) is 0 Å². The number of hydrogen-bond donors (Lipinski definition) is 21. The Bertz CT molecular complexity index is 4030. The number of carbonyl (C=O) groups excluding carboxylic acids is 15. The molecule has 43 heteroatoms. The Kier molecular flexibility index (Phi) is 40.5. The molecule has 4 rings (SSSR count). The van der Waals surface area contributed by atoms with Crippen LogP contribution in [0.2, 0.25) is 0 Å². The van der Waals surface area contributed by atoms with Crippen LogP contribution in [0.15, 0.2) is 65.9 Å². The third kappa shape index (κ3) is 33.2. The highest BCUT2D eigenvalue weighted by Crippen LogP contribution is 2.21. The fourth-order valence-electron chi connectivity index (χ4n) is 11.8. The van der Waals surface area contributed by atoms with Gasteiger partial charge in [-0.25, -0.2) is 4.79 Å². The van der Waals surface area contributed by atoms with Crippen molar-refractivity contribution in [1.82, 2.24) is 74.1 Å². The number of carboxylic acid groups (broad SMARTS) is 4. The molecule has 13 unspecified atom stereocenters. The maximum Gasteiger partial charge on any atom is 0.329 e. The van der Waals surface area contributed by atoms with Gasteiger partial charge in [0.25, 0.3) is 0 Å². The molecule has 13 atom stereocenters. The molecule has 3 aromatic rings. The van der Waals surface area contributed by atoms with Crippen LogP contribution in [0.1, 0.15) is 142 Å². The highest BCUT2D eigenvalue weighted by atomic mass is 16.6. The van der Waals surface area contributed by atoms with Crippen LogP contribution in [-0.2, 0) is 107 Å². The number of hydrogen-bond acceptors (Lipinski definition) is 24. The number of esters is 1. The van der Waals surface area contributed by atoms with E-state index in [9.17, 15) is 112 Å². The normalized spacial score (nSPS) is 21.3. The van der Waals surface area contributed by atoms with E-state index >= 15 is 4.79 Å². The summed E-state index contributed by atoms with van der Waals surface area (Å²) in [5.41, 5.74) is 12.6. The molecule has 0 saturated carbocycles. The maximum absolute atomic E-state index is 15.0. The molecule has 1 aliphatic rings. The molecule has 1 fully saturated rings. The molecule has 0 aliphatic carbocycles. The van der Waals surface area contributed by atoms with E-state index in [2.05, 4.69) is 70.2 Å². The van der Waals surface area contributed by atoms with Gasteiger partial charge in [0.1, 0.15) is 79.7 Å². The van der Waals surface area contributed by atoms with Gasteiger partial charge in [0.05, 0.1) is 57.5 Å². The standard InChI is InChI=1S/C73H103N17O26/c1-6-7-8-9-10-11-15-24-54(93)81-46(27-41-33-76-43-22-17-16-21-42(41)43)67(108)84-47(29-53(75)92)68(109)86-50(32-60(102)103)69(110)89-62-39(4)116-73(114)51(28-45(90-115-5)40-19-13-12-14-20-40)87-72(113)61(37(2)26-57(96)97)88-70(111)52(36-91)82-56(95)34-77-64(105)48(30-58(98)99)83-63(104)38(3)79-66(107)49(31-59(100)101)85-65(106)44(23-18-25-74)80-55(94)35-78-71(62)112/h12-14,16-17,19-22,33,37-39,44,46-52,61-62,76,91H,6-11,15,18,23-32,34-36,74H2,1-5H3,(H2,75,92)(H,77,105)(H,78,112)(H,79,107)(H,80,94)(H,81,93)(H,82,95)(H,83,104)(H,84,108)(H,85,106)(H,86,109)(H,87,113)(H,88,111)(H,89,110)(H,96,97)(H,98,99)(H,100,101)(H,102,103)/b90-45-. The number of aliphatic carboxylic acids is 4. The number of unbranched alkanes of at least 4 members (excludes halogenated alkanes) is 6. The summed E-state index contributed by atoms with van der Waals surface area (Å²) in [5.74, 6) is -28.0. The predicted octanol–water partition coefficient (Wildman–Crippen LogP) is -5.04. The van der Waals surface area contributed by atoms with Gasteiger partial charge < -0.3 is 121 Å². The molecule has 0 radical (unpaired) electrons. The number of carbonyl (C=O) groups is 19. The van der Waals surface area contributed by atoms with E-state index in [4.69, 9.17) is 21.0 Å². The molecule has 23 N–H and O–H groups in total. The van der Waals surface area contributed by atoms with Crippen LogP contribution < -0.4 is 80.6 Å². The number of fused-ring (bicyclic) bond motifs is 1. The monoisotopic (exact) mass is 1630 g/mol. The van der Waals surface area contributed by atoms with Crippen LogP contribution in [0.4, 0.5) is 0 Å². The second-order valence-corrected chi connectivity index (χ2v) is 27.3. The van der Waals surface area contributed by atoms with Gasteiger partial charge in [-0.2, -0.15) is 0 Å². The van der Waals surface area contributed by atoms with Crippen LogP contribution in [0, 0.1) is 5.92 Å². The topological polar surface area (TPSA) is 681 Å². The summed E-state index contributed by atoms with van der Waals surface area (Å²) in [6.45, 7) is 1.33. The third-order valence-corrected chi connectivity index (χ3v) is 17.9. The number of ether oxygens (including phenoxy) is 1. The van der Waals surface area contributed by atoms with Crippen LogP contribution >= 0.6 is 0 Å². The first-order valence-electron chi connectivity index (χ1n) is 37.2. The van der Waals surface area contributed by atoms with Crippen molar-refractivity contribution in [3.05, 3.63) is 71.9 Å². The molecule has 1 aromatic heterocycles. The molecular formula is C73H103N17O26. The number of nitrogens with one attached hydrogen (secondary N) is 14. The Labute approximate surface area is 664 Å². The fourth-order valence-corrected chi connectivity index (χ4v) is 11.8. The lowest BCUT2D eigenvalue weighted by molar-refractivity contribution is -0.156. The van der Waals surface area contributed by atoms with E-state index in [1.54, 1.807) is 36.5 Å². The number of primary amides is 1. The van der Waals surface area contributed by atoms with E-state index in [0.29, 0.717) is 29.3 Å². The summed E-state index contributed by atoms with van der Waals surface area (Å²) < 4.78 is 5.82. The van der Waals surface area contributed by atoms with Crippen molar-refractivity contribution in [3.8, 4) is 0 Å². The number of cyclic esters (lactones) is 1. The number of rotatable bonds is 36. The minimum Gasteiger partial charge on any atom is -0.481 e. The predicted molar refractivity (Wildman–Crippen MR) is 405 cm³/mol. The molecule has 43 nitrogen and oxygen atoms in total. The van der Waals surface area contributed by atoms with Crippen LogP contribution in [0.5, 0.6) is 0 Å². The smallest absolute Gasteiger partial charge is 0.329 e. The van der Waals surface area contributed by atoms with E-state index in [-0.39, 0.29) is 43.5 Å². The summed E-state index contributed by atoms with van der Waals surface area (Å²) >= 11 is 0. The summed E-state index contributed by atoms with van der Waals surface area (Å²) in [5, 5.41) is 83.4. The quantitative estimate of drug-likeness (QED) is 0.0112. The number of aromatic nitrogens is 1. The third-order valence-electron chi connectivity index (χ3n) is 17.9. The van der Waals surface area contributed by atoms with E-state index < -0.39 is 249 Å². The van der Waals surface area contributed by atoms with Crippen LogP contribution in [0.25, 0.3) is 10.9 Å². The zero-order valence-corrected chi connectivity index (χ0v) is 64.5. The van der Waals surface area contributed by atoms with Gasteiger partial charge in [-0.3, -0.25) is 86.3 Å². The van der Waals surface area contributed by atoms with E-state index in [1.807, 2.05) is 16.0 Å². The largest absolute Gasteiger partial charge is 0.481 e. The molecule has 1 saturated heterocycles. The second kappa shape index (κ2) is 49.0. The minimum atomic E-state index is -2.40. The molecular weight excluding hydrogens is 1530 g/mol. The summed E-state index contributed by atoms with van der Waals surface area (Å²) in [4.78, 5) is 268. The van der Waals surface area contributed by atoms with Gasteiger partial charge >= 0.3 is 29.8 Å². The molecule has 2 aromatic carbocycles. The number of nitrogens with two attached hydrogens (primary N) is 2. The Morgan fingerprint density at radius 2 is 1.11 bits per heavy atom. The highest BCUT2D eigenvalue weighted by molar-refractivity contribution is 6.05. The van der Waals surface area contributed by atoms with Gasteiger partial charge in [0.2, 0.25) is 82.7 Å². The van der Waals surface area contributed by atoms with Crippen molar-refractivity contribution in [2.24, 2.45) is 22.5 Å². The number of amides is 14. The number of para-hydroxylation sites is 1. The summed E-state index contributed by atoms with van der Waals surface area (Å²) in [6, 6.07) is -7.69. The number of aromatic amines is 1. The van der Waals surface area contributed by atoms with Crippen molar-refractivity contribution in [3.63, 3.8) is 0 Å². The molecule has 0 bridgehead atoms. The van der Waals surface area contributed by atoms with Gasteiger partial charge in [0, 0.05) is 36.4 Å². The summed E-state index contributed by atoms with van der Waals surface area (Å²) in [7, 11) is 1.09. The number of carboxylic acids is 4. The Balaban J connectivity index is 1.89. The Morgan fingerprint density at radius 1 is 0.569 bits per heavy atom. The maximum atomic E-state index is 15.0. The average molecular weight is 1630 g/mol. The van der Waals surface area contributed by atoms with Crippen molar-refractivity contribution >= 4 is 129 Å². The van der Waals surface area contributed by atoms with Crippen LogP contribution in [-0.4, -0.2) is 255 Å². The molecule has 116 heavy (non-hydrogen) atoms. The minimum absolute atomic E-state index is 0.00976. The lowest BCUT2D eigenvalue weighted by Crippen LogP contribution is -2.62. The van der Waals surface area contributed by atoms with Crippen molar-refractivity contribution in [1.29, 1.82) is 0 Å². The Hall–Kier alpha value is -12.7. The van der Waals surface area contributed by atoms with E-state index in [0.717, 1.165) is 60.0 Å². The molecule has 2 heterocycles. The second-order valence-electron chi connectivity index (χ2n) is 27.3. The fraction of sp³-hybridized carbons (Fsp3) is 0.534. The first-order chi connectivity index (χ1) is 55.0. The zero-order chi connectivity index (χ0) is 86.3. The lowest BCUT2D eigenvalue weighted by Gasteiger charge is -2.30. The summed E-state index contributed by atoms with van der Waals surface area (Å²) in [6.07, 6.45) is -1.68. The number of oxime groups is 1. The van der Waals surface area contributed by atoms with E-state index in [1.165, 1.54) is 24.3 Å². The molecule has 14 amide bonds. The Morgan fingerprint density at radius 3 is 1.71 bits per heavy atom. The number of H-pyrrole nitrogens is 1. The van der Waals surface area contributed by atoms with Crippen molar-refractivity contribution in [2.75, 3.05) is 33.4 Å². The lowest BCUT2D eigenvalue weighted by atomic mass is 9.96. The molecule has 1 aliphatic heterocycles. The first-order valence-corrected chi connectivity index (χ1v) is 37.2.